The summed E-state index contributed by atoms with van der Waals surface area (Å²) >= 11 is 9.69. The van der Waals surface area contributed by atoms with Gasteiger partial charge in [0.15, 0.2) is 6.61 Å². The summed E-state index contributed by atoms with van der Waals surface area (Å²) in [6, 6.07) is 13.6. The van der Waals surface area contributed by atoms with Crippen molar-refractivity contribution in [1.29, 1.82) is 0 Å². The van der Waals surface area contributed by atoms with Crippen molar-refractivity contribution in [2.45, 2.75) is 20.8 Å². The summed E-state index contributed by atoms with van der Waals surface area (Å²) < 4.78 is 12.1. The number of hydrogen-bond acceptors (Lipinski definition) is 4. The van der Waals surface area contributed by atoms with E-state index in [1.807, 2.05) is 57.2 Å². The molecule has 3 rings (SSSR count). The van der Waals surface area contributed by atoms with Crippen LogP contribution in [0.2, 0.25) is 5.02 Å². The molecule has 7 heteroatoms. The number of amides is 1. The van der Waals surface area contributed by atoms with E-state index in [9.17, 15) is 4.79 Å². The molecule has 0 aliphatic heterocycles. The molecule has 0 aliphatic carbocycles. The molecule has 0 fully saturated rings. The lowest BCUT2D eigenvalue weighted by Crippen LogP contribution is -2.24. The molecule has 0 heterocycles. The van der Waals surface area contributed by atoms with Crippen molar-refractivity contribution in [3.8, 4) is 11.5 Å². The first-order valence-electron chi connectivity index (χ1n) is 9.46. The van der Waals surface area contributed by atoms with Crippen molar-refractivity contribution in [2.24, 2.45) is 5.10 Å². The Balaban J connectivity index is 1.70. The van der Waals surface area contributed by atoms with E-state index >= 15 is 0 Å². The van der Waals surface area contributed by atoms with Crippen molar-refractivity contribution < 1.29 is 14.3 Å². The van der Waals surface area contributed by atoms with Crippen molar-refractivity contribution >= 4 is 50.4 Å². The number of hydrazone groups is 1. The maximum atomic E-state index is 12.2. The Hall–Kier alpha value is -2.57. The van der Waals surface area contributed by atoms with Crippen LogP contribution in [0.25, 0.3) is 10.8 Å². The third-order valence-corrected chi connectivity index (χ3v) is 6.11. The fourth-order valence-electron chi connectivity index (χ4n) is 3.04. The second kappa shape index (κ2) is 9.96. The summed E-state index contributed by atoms with van der Waals surface area (Å²) in [5.74, 6) is 0.893. The van der Waals surface area contributed by atoms with Crippen molar-refractivity contribution in [3.05, 3.63) is 68.7 Å². The van der Waals surface area contributed by atoms with E-state index < -0.39 is 0 Å². The summed E-state index contributed by atoms with van der Waals surface area (Å²) in [5, 5.41) is 6.83. The molecule has 0 unspecified atom stereocenters. The Bertz CT molecular complexity index is 1120. The number of halogens is 2. The van der Waals surface area contributed by atoms with Gasteiger partial charge in [0.05, 0.1) is 17.3 Å². The molecule has 1 N–H and O–H groups in total. The van der Waals surface area contributed by atoms with Crippen LogP contribution in [-0.2, 0) is 4.79 Å². The highest BCUT2D eigenvalue weighted by Gasteiger charge is 2.12. The molecule has 0 aromatic heterocycles. The van der Waals surface area contributed by atoms with Crippen LogP contribution in [0.3, 0.4) is 0 Å². The lowest BCUT2D eigenvalue weighted by atomic mass is 10.0. The fraction of sp³-hybridized carbons (Fsp3) is 0.217. The van der Waals surface area contributed by atoms with E-state index in [4.69, 9.17) is 21.1 Å². The largest absolute Gasteiger partial charge is 0.493 e. The molecule has 3 aromatic rings. The van der Waals surface area contributed by atoms with Crippen LogP contribution in [0.4, 0.5) is 0 Å². The molecule has 0 radical (unpaired) electrons. The first-order chi connectivity index (χ1) is 14.4. The van der Waals surface area contributed by atoms with Crippen LogP contribution in [0.1, 0.15) is 23.6 Å². The second-order valence-electron chi connectivity index (χ2n) is 6.66. The molecule has 0 bridgehead atoms. The lowest BCUT2D eigenvalue weighted by molar-refractivity contribution is -0.123. The van der Waals surface area contributed by atoms with Crippen LogP contribution in [0, 0.1) is 13.8 Å². The molecule has 0 atom stereocenters. The number of carbonyl (C=O) groups excluding carboxylic acids is 1. The van der Waals surface area contributed by atoms with Crippen LogP contribution in [-0.4, -0.2) is 25.3 Å². The molecule has 0 saturated heterocycles. The Morgan fingerprint density at radius 2 is 1.93 bits per heavy atom. The zero-order valence-corrected chi connectivity index (χ0v) is 19.3. The molecule has 156 valence electrons. The van der Waals surface area contributed by atoms with Gasteiger partial charge in [-0.3, -0.25) is 4.79 Å². The van der Waals surface area contributed by atoms with Gasteiger partial charge in [-0.25, -0.2) is 5.43 Å². The van der Waals surface area contributed by atoms with E-state index in [2.05, 4.69) is 26.5 Å². The van der Waals surface area contributed by atoms with Gasteiger partial charge >= 0.3 is 0 Å². The zero-order chi connectivity index (χ0) is 21.7. The minimum Gasteiger partial charge on any atom is -0.493 e. The number of rotatable bonds is 7. The number of hydrogen-bond donors (Lipinski definition) is 1. The molecule has 0 aliphatic rings. The standard InChI is InChI=1S/C23H22BrClN2O3/c1-4-29-19-10-9-16-7-5-6-8-17(16)18(19)12-26-27-21(28)13-30-20-11-14(2)23(25)15(3)22(20)24/h5-12H,4,13H2,1-3H3,(H,27,28)/b26-12+. The minimum absolute atomic E-state index is 0.176. The number of benzene rings is 3. The normalized spacial score (nSPS) is 11.1. The quantitative estimate of drug-likeness (QED) is 0.337. The zero-order valence-electron chi connectivity index (χ0n) is 17.0. The van der Waals surface area contributed by atoms with Gasteiger partial charge in [0.25, 0.3) is 5.91 Å². The second-order valence-corrected chi connectivity index (χ2v) is 7.83. The third kappa shape index (κ3) is 4.94. The molecule has 0 spiro atoms. The topological polar surface area (TPSA) is 59.9 Å². The molecular weight excluding hydrogens is 468 g/mol. The van der Waals surface area contributed by atoms with Crippen LogP contribution in [0.5, 0.6) is 11.5 Å². The summed E-state index contributed by atoms with van der Waals surface area (Å²) in [4.78, 5) is 12.2. The number of nitrogens with one attached hydrogen (secondary N) is 1. The molecule has 0 saturated carbocycles. The van der Waals surface area contributed by atoms with E-state index in [1.165, 1.54) is 0 Å². The fourth-order valence-corrected chi connectivity index (χ4v) is 3.73. The van der Waals surface area contributed by atoms with Gasteiger partial charge in [-0.2, -0.15) is 5.10 Å². The van der Waals surface area contributed by atoms with E-state index in [0.717, 1.165) is 31.9 Å². The summed E-state index contributed by atoms with van der Waals surface area (Å²) in [6.07, 6.45) is 1.59. The van der Waals surface area contributed by atoms with Crippen molar-refractivity contribution in [3.63, 3.8) is 0 Å². The number of ether oxygens (including phenoxy) is 2. The Morgan fingerprint density at radius 1 is 1.17 bits per heavy atom. The van der Waals surface area contributed by atoms with Crippen LogP contribution >= 0.6 is 27.5 Å². The molecule has 1 amide bonds. The number of aryl methyl sites for hydroxylation is 1. The predicted molar refractivity (Wildman–Crippen MR) is 125 cm³/mol. The average molecular weight is 490 g/mol. The molecule has 3 aromatic carbocycles. The summed E-state index contributed by atoms with van der Waals surface area (Å²) in [5.41, 5.74) is 5.06. The van der Waals surface area contributed by atoms with E-state index in [0.29, 0.717) is 23.1 Å². The van der Waals surface area contributed by atoms with E-state index in [-0.39, 0.29) is 12.5 Å². The number of fused-ring (bicyclic) bond motifs is 1. The smallest absolute Gasteiger partial charge is 0.277 e. The highest BCUT2D eigenvalue weighted by atomic mass is 79.9. The maximum Gasteiger partial charge on any atom is 0.277 e. The van der Waals surface area contributed by atoms with Gasteiger partial charge in [0, 0.05) is 10.6 Å². The van der Waals surface area contributed by atoms with Crippen molar-refractivity contribution in [2.75, 3.05) is 13.2 Å². The Labute approximate surface area is 189 Å². The molecule has 30 heavy (non-hydrogen) atoms. The van der Waals surface area contributed by atoms with Gasteiger partial charge in [-0.15, -0.1) is 0 Å². The average Bonchev–Trinajstić information content (AvgIpc) is 2.75. The van der Waals surface area contributed by atoms with Gasteiger partial charge in [0.2, 0.25) is 0 Å². The summed E-state index contributed by atoms with van der Waals surface area (Å²) in [6.45, 7) is 6.06. The van der Waals surface area contributed by atoms with Crippen molar-refractivity contribution in [1.82, 2.24) is 5.43 Å². The minimum atomic E-state index is -0.374. The highest BCUT2D eigenvalue weighted by molar-refractivity contribution is 9.10. The Morgan fingerprint density at radius 3 is 2.70 bits per heavy atom. The lowest BCUT2D eigenvalue weighted by Gasteiger charge is -2.12. The SMILES string of the molecule is CCOc1ccc2ccccc2c1/C=N/NC(=O)COc1cc(C)c(Cl)c(C)c1Br. The highest BCUT2D eigenvalue weighted by Crippen LogP contribution is 2.35. The third-order valence-electron chi connectivity index (χ3n) is 4.54. The number of carbonyl (C=O) groups is 1. The number of nitrogens with zero attached hydrogens (tertiary/aromatic N) is 1. The first kappa shape index (κ1) is 22.1. The molecule has 5 nitrogen and oxygen atoms in total. The predicted octanol–water partition coefficient (Wildman–Crippen LogP) is 5.80. The summed E-state index contributed by atoms with van der Waals surface area (Å²) in [7, 11) is 0. The Kier molecular flexibility index (Phi) is 7.34. The monoisotopic (exact) mass is 488 g/mol. The maximum absolute atomic E-state index is 12.2. The first-order valence-corrected chi connectivity index (χ1v) is 10.6. The van der Waals surface area contributed by atoms with Gasteiger partial charge in [0.1, 0.15) is 11.5 Å². The molecular formula is C23H22BrClN2O3. The van der Waals surface area contributed by atoms with Gasteiger partial charge in [-0.1, -0.05) is 41.9 Å². The van der Waals surface area contributed by atoms with Crippen LogP contribution in [0.15, 0.2) is 52.0 Å². The van der Waals surface area contributed by atoms with Crippen LogP contribution < -0.4 is 14.9 Å². The van der Waals surface area contributed by atoms with Gasteiger partial charge in [-0.05, 0) is 70.7 Å². The van der Waals surface area contributed by atoms with E-state index in [1.54, 1.807) is 12.3 Å². The van der Waals surface area contributed by atoms with Gasteiger partial charge < -0.3 is 9.47 Å².